The van der Waals surface area contributed by atoms with E-state index in [1.807, 2.05) is 0 Å². The number of nitrogens with zero attached hydrogens (tertiary/aromatic N) is 1. The maximum Gasteiger partial charge on any atom is 0.508 e. The van der Waals surface area contributed by atoms with Gasteiger partial charge in [0.05, 0.1) is 32.8 Å². The van der Waals surface area contributed by atoms with Crippen molar-refractivity contribution in [3.63, 3.8) is 0 Å². The van der Waals surface area contributed by atoms with Gasteiger partial charge in [-0.3, -0.25) is 0 Å². The second-order valence-electron chi connectivity index (χ2n) is 4.54. The van der Waals surface area contributed by atoms with Crippen LogP contribution in [0.2, 0.25) is 0 Å². The van der Waals surface area contributed by atoms with Gasteiger partial charge in [0.1, 0.15) is 6.10 Å². The number of fused-ring (bicyclic) bond motifs is 1. The number of hydrogen-bond acceptors (Lipinski definition) is 6. The molecular formula is C15H17NO5. The standard InChI is InChI=1S/C15H17NO5/c1-4-20-15(17)21-12-5-9(8-16)10-6-13(18-2)14(19-3)7-11(10)12/h6-7,9,12H,4-5H2,1-3H3. The molecule has 0 bridgehead atoms. The number of carbonyl (C=O) groups is 1. The van der Waals surface area contributed by atoms with Crippen LogP contribution in [0, 0.1) is 11.3 Å². The Morgan fingerprint density at radius 2 is 1.90 bits per heavy atom. The molecule has 0 spiro atoms. The van der Waals surface area contributed by atoms with Crippen molar-refractivity contribution >= 4 is 6.16 Å². The van der Waals surface area contributed by atoms with Gasteiger partial charge in [0, 0.05) is 12.0 Å². The van der Waals surface area contributed by atoms with E-state index in [9.17, 15) is 10.1 Å². The molecule has 0 radical (unpaired) electrons. The average molecular weight is 291 g/mol. The minimum atomic E-state index is -0.734. The highest BCUT2D eigenvalue weighted by molar-refractivity contribution is 5.61. The predicted molar refractivity (Wildman–Crippen MR) is 73.4 cm³/mol. The number of hydrogen-bond donors (Lipinski definition) is 0. The van der Waals surface area contributed by atoms with E-state index < -0.39 is 12.3 Å². The number of rotatable bonds is 4. The van der Waals surface area contributed by atoms with E-state index in [0.717, 1.165) is 11.1 Å². The zero-order valence-electron chi connectivity index (χ0n) is 12.2. The molecule has 0 saturated carbocycles. The van der Waals surface area contributed by atoms with E-state index in [2.05, 4.69) is 6.07 Å². The Labute approximate surface area is 123 Å². The Hall–Kier alpha value is -2.42. The number of methoxy groups -OCH3 is 2. The van der Waals surface area contributed by atoms with Crippen LogP contribution in [-0.2, 0) is 9.47 Å². The molecule has 0 N–H and O–H groups in total. The lowest BCUT2D eigenvalue weighted by Gasteiger charge is -2.15. The largest absolute Gasteiger partial charge is 0.508 e. The molecular weight excluding hydrogens is 274 g/mol. The van der Waals surface area contributed by atoms with E-state index in [0.29, 0.717) is 17.9 Å². The highest BCUT2D eigenvalue weighted by atomic mass is 16.7. The lowest BCUT2D eigenvalue weighted by molar-refractivity contribution is 0.0255. The Bertz CT molecular complexity index is 578. The number of benzene rings is 1. The highest BCUT2D eigenvalue weighted by Gasteiger charge is 2.35. The van der Waals surface area contributed by atoms with Gasteiger partial charge in [0.2, 0.25) is 0 Å². The van der Waals surface area contributed by atoms with E-state index >= 15 is 0 Å². The monoisotopic (exact) mass is 291 g/mol. The van der Waals surface area contributed by atoms with Gasteiger partial charge in [-0.1, -0.05) is 0 Å². The molecule has 0 aromatic heterocycles. The summed E-state index contributed by atoms with van der Waals surface area (Å²) in [7, 11) is 3.06. The van der Waals surface area contributed by atoms with Crippen molar-refractivity contribution in [3.8, 4) is 17.6 Å². The summed E-state index contributed by atoms with van der Waals surface area (Å²) in [5, 5.41) is 9.26. The molecule has 0 amide bonds. The van der Waals surface area contributed by atoms with Crippen LogP contribution in [0.4, 0.5) is 4.79 Å². The summed E-state index contributed by atoms with van der Waals surface area (Å²) < 4.78 is 20.6. The maximum absolute atomic E-state index is 11.5. The van der Waals surface area contributed by atoms with Crippen molar-refractivity contribution in [2.45, 2.75) is 25.4 Å². The second kappa shape index (κ2) is 6.35. The number of carbonyl (C=O) groups excluding carboxylic acids is 1. The van der Waals surface area contributed by atoms with Crippen molar-refractivity contribution in [3.05, 3.63) is 23.3 Å². The van der Waals surface area contributed by atoms with Crippen LogP contribution in [0.1, 0.15) is 36.5 Å². The molecule has 0 aliphatic heterocycles. The van der Waals surface area contributed by atoms with E-state index in [1.165, 1.54) is 14.2 Å². The molecule has 1 aromatic carbocycles. The van der Waals surface area contributed by atoms with Gasteiger partial charge in [-0.25, -0.2) is 4.79 Å². The van der Waals surface area contributed by atoms with E-state index in [-0.39, 0.29) is 12.5 Å². The first-order valence-electron chi connectivity index (χ1n) is 6.63. The molecule has 6 heteroatoms. The lowest BCUT2D eigenvalue weighted by Crippen LogP contribution is -2.11. The predicted octanol–water partition coefficient (Wildman–Crippen LogP) is 2.93. The second-order valence-corrected chi connectivity index (χ2v) is 4.54. The lowest BCUT2D eigenvalue weighted by atomic mass is 10.0. The first-order valence-corrected chi connectivity index (χ1v) is 6.63. The van der Waals surface area contributed by atoms with E-state index in [1.54, 1.807) is 19.1 Å². The molecule has 0 saturated heterocycles. The summed E-state index contributed by atoms with van der Waals surface area (Å²) in [5.74, 6) is 0.736. The van der Waals surface area contributed by atoms with Crippen LogP contribution < -0.4 is 9.47 Å². The van der Waals surface area contributed by atoms with Gasteiger partial charge in [-0.2, -0.15) is 5.26 Å². The first-order chi connectivity index (χ1) is 10.1. The van der Waals surface area contributed by atoms with Crippen molar-refractivity contribution in [2.75, 3.05) is 20.8 Å². The fourth-order valence-electron chi connectivity index (χ4n) is 2.46. The van der Waals surface area contributed by atoms with Crippen LogP contribution >= 0.6 is 0 Å². The van der Waals surface area contributed by atoms with Gasteiger partial charge in [0.25, 0.3) is 0 Å². The molecule has 1 aliphatic carbocycles. The summed E-state index contributed by atoms with van der Waals surface area (Å²) in [4.78, 5) is 11.5. The Morgan fingerprint density at radius 3 is 2.43 bits per heavy atom. The van der Waals surface area contributed by atoms with Crippen molar-refractivity contribution in [2.24, 2.45) is 0 Å². The average Bonchev–Trinajstić information content (AvgIpc) is 2.83. The minimum absolute atomic E-state index is 0.242. The summed E-state index contributed by atoms with van der Waals surface area (Å²) in [6.45, 7) is 1.95. The zero-order valence-corrected chi connectivity index (χ0v) is 12.2. The quantitative estimate of drug-likeness (QED) is 0.794. The summed E-state index contributed by atoms with van der Waals surface area (Å²) >= 11 is 0. The third-order valence-corrected chi connectivity index (χ3v) is 3.42. The van der Waals surface area contributed by atoms with E-state index in [4.69, 9.17) is 18.9 Å². The molecule has 6 nitrogen and oxygen atoms in total. The smallest absolute Gasteiger partial charge is 0.493 e. The number of nitriles is 1. The van der Waals surface area contributed by atoms with Gasteiger partial charge in [-0.15, -0.1) is 0 Å². The molecule has 2 rings (SSSR count). The van der Waals surface area contributed by atoms with Gasteiger partial charge in [-0.05, 0) is 24.6 Å². The molecule has 1 aromatic rings. The molecule has 2 unspecified atom stereocenters. The van der Waals surface area contributed by atoms with Gasteiger partial charge in [0.15, 0.2) is 11.5 Å². The Morgan fingerprint density at radius 1 is 1.29 bits per heavy atom. The van der Waals surface area contributed by atoms with Crippen LogP contribution in [-0.4, -0.2) is 27.0 Å². The van der Waals surface area contributed by atoms with Crippen LogP contribution in [0.15, 0.2) is 12.1 Å². The SMILES string of the molecule is CCOC(=O)OC1CC(C#N)c2cc(OC)c(OC)cc21. The van der Waals surface area contributed by atoms with Crippen molar-refractivity contribution in [1.82, 2.24) is 0 Å². The van der Waals surface area contributed by atoms with Crippen LogP contribution in [0.25, 0.3) is 0 Å². The fraction of sp³-hybridized carbons (Fsp3) is 0.467. The van der Waals surface area contributed by atoms with Crippen LogP contribution in [0.3, 0.4) is 0 Å². The molecule has 0 heterocycles. The molecule has 112 valence electrons. The summed E-state index contributed by atoms with van der Waals surface area (Å²) in [6, 6.07) is 5.72. The molecule has 1 aliphatic rings. The molecule has 21 heavy (non-hydrogen) atoms. The third-order valence-electron chi connectivity index (χ3n) is 3.42. The van der Waals surface area contributed by atoms with Crippen molar-refractivity contribution in [1.29, 1.82) is 5.26 Å². The Kier molecular flexibility index (Phi) is 4.53. The summed E-state index contributed by atoms with van der Waals surface area (Å²) in [6.07, 6.45) is -0.841. The molecule has 0 fully saturated rings. The van der Waals surface area contributed by atoms with Crippen molar-refractivity contribution < 1.29 is 23.7 Å². The van der Waals surface area contributed by atoms with Crippen LogP contribution in [0.5, 0.6) is 11.5 Å². The molecule has 2 atom stereocenters. The summed E-state index contributed by atoms with van der Waals surface area (Å²) in [5.41, 5.74) is 1.55. The normalized spacial score (nSPS) is 19.3. The topological polar surface area (TPSA) is 77.8 Å². The third kappa shape index (κ3) is 2.87. The maximum atomic E-state index is 11.5. The minimum Gasteiger partial charge on any atom is -0.493 e. The zero-order chi connectivity index (χ0) is 15.4. The fourth-order valence-corrected chi connectivity index (χ4v) is 2.46. The highest BCUT2D eigenvalue weighted by Crippen LogP contribution is 2.46. The first kappa shape index (κ1) is 15.0. The van der Waals surface area contributed by atoms with Gasteiger partial charge >= 0.3 is 6.16 Å². The Balaban J connectivity index is 2.36. The van der Waals surface area contributed by atoms with Gasteiger partial charge < -0.3 is 18.9 Å². The number of ether oxygens (including phenoxy) is 4.